The minimum atomic E-state index is 0.125. The Kier molecular flexibility index (Phi) is 6.03. The topological polar surface area (TPSA) is 36.0 Å². The zero-order valence-electron chi connectivity index (χ0n) is 14.6. The molecule has 1 unspecified atom stereocenters. The fraction of sp³-hybridized carbons (Fsp3) is 0.611. The van der Waals surface area contributed by atoms with Crippen LogP contribution in [0.3, 0.4) is 0 Å². The minimum Gasteiger partial charge on any atom is -0.497 e. The average molecular weight is 350 g/mol. The van der Waals surface area contributed by atoms with Crippen LogP contribution in [0.15, 0.2) is 24.3 Å². The molecule has 0 aliphatic carbocycles. The molecule has 2 saturated heterocycles. The molecule has 0 spiro atoms. The smallest absolute Gasteiger partial charge is 0.233 e. The van der Waals surface area contributed by atoms with Crippen molar-refractivity contribution in [3.8, 4) is 5.75 Å². The molecule has 1 aromatic carbocycles. The first-order valence-electron chi connectivity index (χ1n) is 8.63. The maximum atomic E-state index is 12.3. The molecule has 2 heterocycles. The van der Waals surface area contributed by atoms with E-state index in [1.54, 1.807) is 18.9 Å². The molecule has 1 aromatic rings. The van der Waals surface area contributed by atoms with Crippen molar-refractivity contribution in [2.75, 3.05) is 59.2 Å². The van der Waals surface area contributed by atoms with E-state index in [1.807, 2.05) is 23.1 Å². The van der Waals surface area contributed by atoms with Crippen molar-refractivity contribution < 1.29 is 9.53 Å². The van der Waals surface area contributed by atoms with Gasteiger partial charge in [0.25, 0.3) is 0 Å². The quantitative estimate of drug-likeness (QED) is 0.784. The van der Waals surface area contributed by atoms with Crippen LogP contribution >= 0.6 is 11.8 Å². The SMILES string of the molecule is COc1cccc(C2SCC(=O)N2CCCN2CCN(C)CC2)c1. The van der Waals surface area contributed by atoms with E-state index in [2.05, 4.69) is 22.9 Å². The number of methoxy groups -OCH3 is 1. The number of rotatable bonds is 6. The van der Waals surface area contributed by atoms with Crippen LogP contribution in [0.2, 0.25) is 0 Å². The van der Waals surface area contributed by atoms with Gasteiger partial charge in [-0.1, -0.05) is 12.1 Å². The second-order valence-electron chi connectivity index (χ2n) is 6.53. The predicted octanol–water partition coefficient (Wildman–Crippen LogP) is 1.91. The molecular formula is C18H27N3O2S. The zero-order chi connectivity index (χ0) is 16.9. The molecule has 0 aromatic heterocycles. The molecule has 0 N–H and O–H groups in total. The van der Waals surface area contributed by atoms with Crippen molar-refractivity contribution in [2.24, 2.45) is 0 Å². The number of benzene rings is 1. The second kappa shape index (κ2) is 8.23. The lowest BCUT2D eigenvalue weighted by molar-refractivity contribution is -0.128. The highest BCUT2D eigenvalue weighted by molar-refractivity contribution is 8.00. The van der Waals surface area contributed by atoms with Crippen molar-refractivity contribution in [1.29, 1.82) is 0 Å². The number of nitrogens with zero attached hydrogens (tertiary/aromatic N) is 3. The normalized spacial score (nSPS) is 23.0. The van der Waals surface area contributed by atoms with Gasteiger partial charge in [0.1, 0.15) is 11.1 Å². The van der Waals surface area contributed by atoms with E-state index < -0.39 is 0 Å². The van der Waals surface area contributed by atoms with E-state index in [0.717, 1.165) is 57.0 Å². The third-order valence-electron chi connectivity index (χ3n) is 4.82. The van der Waals surface area contributed by atoms with E-state index >= 15 is 0 Å². The molecule has 1 amide bonds. The Morgan fingerprint density at radius 2 is 2.00 bits per heavy atom. The summed E-state index contributed by atoms with van der Waals surface area (Å²) in [5.41, 5.74) is 1.16. The van der Waals surface area contributed by atoms with Crippen LogP contribution in [0.4, 0.5) is 0 Å². The van der Waals surface area contributed by atoms with Crippen LogP contribution in [-0.2, 0) is 4.79 Å². The van der Waals surface area contributed by atoms with Gasteiger partial charge in [0.15, 0.2) is 0 Å². The van der Waals surface area contributed by atoms with Gasteiger partial charge < -0.3 is 19.4 Å². The van der Waals surface area contributed by atoms with Crippen LogP contribution in [0, 0.1) is 0 Å². The Morgan fingerprint density at radius 3 is 2.75 bits per heavy atom. The maximum absolute atomic E-state index is 12.3. The van der Waals surface area contributed by atoms with Gasteiger partial charge in [0, 0.05) is 32.7 Å². The van der Waals surface area contributed by atoms with Gasteiger partial charge in [-0.3, -0.25) is 4.79 Å². The van der Waals surface area contributed by atoms with Crippen LogP contribution in [0.5, 0.6) is 5.75 Å². The zero-order valence-corrected chi connectivity index (χ0v) is 15.4. The summed E-state index contributed by atoms with van der Waals surface area (Å²) in [6.07, 6.45) is 1.04. The van der Waals surface area contributed by atoms with E-state index in [0.29, 0.717) is 5.75 Å². The van der Waals surface area contributed by atoms with Gasteiger partial charge in [0.2, 0.25) is 5.91 Å². The molecule has 2 aliphatic heterocycles. The lowest BCUT2D eigenvalue weighted by atomic mass is 10.2. The summed E-state index contributed by atoms with van der Waals surface area (Å²) in [6.45, 7) is 6.47. The van der Waals surface area contributed by atoms with E-state index in [4.69, 9.17) is 4.74 Å². The molecular weight excluding hydrogens is 322 g/mol. The van der Waals surface area contributed by atoms with Crippen LogP contribution in [0.1, 0.15) is 17.4 Å². The van der Waals surface area contributed by atoms with Gasteiger partial charge in [-0.2, -0.15) is 0 Å². The molecule has 2 aliphatic rings. The van der Waals surface area contributed by atoms with Gasteiger partial charge in [0.05, 0.1) is 12.9 Å². The fourth-order valence-corrected chi connectivity index (χ4v) is 4.51. The molecule has 24 heavy (non-hydrogen) atoms. The average Bonchev–Trinajstić information content (AvgIpc) is 2.98. The third-order valence-corrected chi connectivity index (χ3v) is 6.07. The first kappa shape index (κ1) is 17.6. The summed E-state index contributed by atoms with van der Waals surface area (Å²) in [4.78, 5) is 19.2. The number of hydrogen-bond acceptors (Lipinski definition) is 5. The third kappa shape index (κ3) is 4.23. The van der Waals surface area contributed by atoms with Crippen molar-refractivity contribution >= 4 is 17.7 Å². The van der Waals surface area contributed by atoms with Crippen molar-refractivity contribution in [3.63, 3.8) is 0 Å². The predicted molar refractivity (Wildman–Crippen MR) is 98.5 cm³/mol. The molecule has 3 rings (SSSR count). The minimum absolute atomic E-state index is 0.125. The lowest BCUT2D eigenvalue weighted by Gasteiger charge is -2.33. The van der Waals surface area contributed by atoms with Gasteiger partial charge in [-0.25, -0.2) is 0 Å². The van der Waals surface area contributed by atoms with Crippen LogP contribution in [0.25, 0.3) is 0 Å². The Bertz CT molecular complexity index is 561. The van der Waals surface area contributed by atoms with Crippen LogP contribution < -0.4 is 4.74 Å². The van der Waals surface area contributed by atoms with E-state index in [-0.39, 0.29) is 11.3 Å². The van der Waals surface area contributed by atoms with E-state index in [9.17, 15) is 4.79 Å². The maximum Gasteiger partial charge on any atom is 0.233 e. The first-order valence-corrected chi connectivity index (χ1v) is 9.68. The monoisotopic (exact) mass is 349 g/mol. The standard InChI is InChI=1S/C18H27N3O2S/c1-19-9-11-20(12-10-19)7-4-8-21-17(22)14-24-18(21)15-5-3-6-16(13-15)23-2/h3,5-6,13,18H,4,7-12,14H2,1-2H3. The number of carbonyl (C=O) groups excluding carboxylic acids is 1. The van der Waals surface area contributed by atoms with Gasteiger partial charge in [-0.15, -0.1) is 11.8 Å². The summed E-state index contributed by atoms with van der Waals surface area (Å²) in [6, 6.07) is 8.08. The molecule has 0 saturated carbocycles. The number of carbonyl (C=O) groups is 1. The lowest BCUT2D eigenvalue weighted by Crippen LogP contribution is -2.45. The molecule has 2 fully saturated rings. The summed E-state index contributed by atoms with van der Waals surface area (Å²) in [5, 5.41) is 0.125. The van der Waals surface area contributed by atoms with Crippen LogP contribution in [-0.4, -0.2) is 79.8 Å². The Morgan fingerprint density at radius 1 is 1.21 bits per heavy atom. The first-order chi connectivity index (χ1) is 11.7. The highest BCUT2D eigenvalue weighted by Crippen LogP contribution is 2.39. The molecule has 0 radical (unpaired) electrons. The fourth-order valence-electron chi connectivity index (χ4n) is 3.30. The van der Waals surface area contributed by atoms with Gasteiger partial charge >= 0.3 is 0 Å². The van der Waals surface area contributed by atoms with Crippen molar-refractivity contribution in [2.45, 2.75) is 11.8 Å². The molecule has 6 heteroatoms. The highest BCUT2D eigenvalue weighted by Gasteiger charge is 2.32. The van der Waals surface area contributed by atoms with Crippen molar-refractivity contribution in [3.05, 3.63) is 29.8 Å². The summed E-state index contributed by atoms with van der Waals surface area (Å²) < 4.78 is 5.32. The summed E-state index contributed by atoms with van der Waals surface area (Å²) >= 11 is 1.72. The summed E-state index contributed by atoms with van der Waals surface area (Å²) in [5.74, 6) is 1.69. The molecule has 0 bridgehead atoms. The molecule has 132 valence electrons. The number of amides is 1. The second-order valence-corrected chi connectivity index (χ2v) is 7.59. The number of ether oxygens (including phenoxy) is 1. The molecule has 1 atom stereocenters. The molecule has 5 nitrogen and oxygen atoms in total. The van der Waals surface area contributed by atoms with Crippen molar-refractivity contribution in [1.82, 2.24) is 14.7 Å². The Hall–Kier alpha value is -1.24. The number of hydrogen-bond donors (Lipinski definition) is 0. The largest absolute Gasteiger partial charge is 0.497 e. The Labute approximate surface area is 148 Å². The van der Waals surface area contributed by atoms with Gasteiger partial charge in [-0.05, 0) is 37.7 Å². The Balaban J connectivity index is 1.55. The number of thioether (sulfide) groups is 1. The van der Waals surface area contributed by atoms with E-state index in [1.165, 1.54) is 0 Å². The number of likely N-dealkylation sites (N-methyl/N-ethyl adjacent to an activating group) is 1. The summed E-state index contributed by atoms with van der Waals surface area (Å²) in [7, 11) is 3.86. The number of piperazine rings is 1. The highest BCUT2D eigenvalue weighted by atomic mass is 32.2.